The third kappa shape index (κ3) is 1.37. The molecule has 4 nitrogen and oxygen atoms in total. The number of hydrazine groups is 2. The van der Waals surface area contributed by atoms with Crippen LogP contribution in [0.15, 0.2) is 36.4 Å². The fraction of sp³-hybridized carbons (Fsp3) is 0. The molecule has 6 N–H and O–H groups in total. The van der Waals surface area contributed by atoms with Gasteiger partial charge in [0.1, 0.15) is 0 Å². The Morgan fingerprint density at radius 2 is 1.21 bits per heavy atom. The SMILES string of the molecule is NNc1cc2ccccc2cc1NN. The lowest BCUT2D eigenvalue weighted by molar-refractivity contribution is 1.31. The van der Waals surface area contributed by atoms with Gasteiger partial charge in [0.25, 0.3) is 0 Å². The fourth-order valence-corrected chi connectivity index (χ4v) is 1.48. The molecule has 0 bridgehead atoms. The maximum Gasteiger partial charge on any atom is 0.0737 e. The number of rotatable bonds is 2. The molecular weight excluding hydrogens is 176 g/mol. The molecule has 0 fully saturated rings. The van der Waals surface area contributed by atoms with Gasteiger partial charge in [-0.1, -0.05) is 24.3 Å². The van der Waals surface area contributed by atoms with Gasteiger partial charge in [-0.15, -0.1) is 0 Å². The number of fused-ring (bicyclic) bond motifs is 1. The Bertz CT molecular complexity index is 410. The average molecular weight is 188 g/mol. The van der Waals surface area contributed by atoms with Crippen LogP contribution < -0.4 is 22.5 Å². The highest BCUT2D eigenvalue weighted by molar-refractivity contribution is 5.91. The Morgan fingerprint density at radius 3 is 1.57 bits per heavy atom. The highest BCUT2D eigenvalue weighted by atomic mass is 15.3. The van der Waals surface area contributed by atoms with Crippen molar-refractivity contribution < 1.29 is 0 Å². The van der Waals surface area contributed by atoms with Gasteiger partial charge in [0.15, 0.2) is 0 Å². The van der Waals surface area contributed by atoms with E-state index in [-0.39, 0.29) is 0 Å². The molecule has 2 rings (SSSR count). The van der Waals surface area contributed by atoms with Gasteiger partial charge < -0.3 is 10.9 Å². The number of hydrogen-bond acceptors (Lipinski definition) is 4. The number of anilines is 2. The predicted molar refractivity (Wildman–Crippen MR) is 59.6 cm³/mol. The molecule has 0 aliphatic heterocycles. The third-order valence-corrected chi connectivity index (χ3v) is 2.20. The first kappa shape index (κ1) is 8.80. The largest absolute Gasteiger partial charge is 0.322 e. The lowest BCUT2D eigenvalue weighted by atomic mass is 10.1. The van der Waals surface area contributed by atoms with E-state index >= 15 is 0 Å². The van der Waals surface area contributed by atoms with Crippen LogP contribution in [0.5, 0.6) is 0 Å². The van der Waals surface area contributed by atoms with Gasteiger partial charge in [0, 0.05) is 0 Å². The van der Waals surface area contributed by atoms with Crippen LogP contribution >= 0.6 is 0 Å². The maximum atomic E-state index is 5.37. The van der Waals surface area contributed by atoms with Crippen molar-refractivity contribution in [3.8, 4) is 0 Å². The molecule has 0 aliphatic rings. The molecule has 0 saturated heterocycles. The van der Waals surface area contributed by atoms with Crippen LogP contribution in [-0.4, -0.2) is 0 Å². The molecule has 0 spiro atoms. The lowest BCUT2D eigenvalue weighted by Crippen LogP contribution is -2.13. The first-order chi connectivity index (χ1) is 6.85. The van der Waals surface area contributed by atoms with Crippen molar-refractivity contribution in [2.75, 3.05) is 10.9 Å². The second-order valence-corrected chi connectivity index (χ2v) is 3.03. The summed E-state index contributed by atoms with van der Waals surface area (Å²) in [5.41, 5.74) is 6.76. The van der Waals surface area contributed by atoms with Crippen LogP contribution in [-0.2, 0) is 0 Å². The zero-order valence-corrected chi connectivity index (χ0v) is 7.62. The van der Waals surface area contributed by atoms with E-state index < -0.39 is 0 Å². The van der Waals surface area contributed by atoms with E-state index in [1.54, 1.807) is 0 Å². The molecule has 0 unspecified atom stereocenters. The minimum Gasteiger partial charge on any atom is -0.322 e. The summed E-state index contributed by atoms with van der Waals surface area (Å²) < 4.78 is 0. The smallest absolute Gasteiger partial charge is 0.0737 e. The summed E-state index contributed by atoms with van der Waals surface area (Å²) in [6.07, 6.45) is 0. The van der Waals surface area contributed by atoms with Crippen molar-refractivity contribution in [2.24, 2.45) is 11.7 Å². The number of nitrogens with one attached hydrogen (secondary N) is 2. The number of nitrogens with two attached hydrogens (primary N) is 2. The minimum absolute atomic E-state index is 0.784. The Morgan fingerprint density at radius 1 is 0.786 bits per heavy atom. The summed E-state index contributed by atoms with van der Waals surface area (Å²) in [6.45, 7) is 0. The van der Waals surface area contributed by atoms with Crippen molar-refractivity contribution in [3.05, 3.63) is 36.4 Å². The molecule has 0 aromatic heterocycles. The Kier molecular flexibility index (Phi) is 2.22. The van der Waals surface area contributed by atoms with Crippen molar-refractivity contribution in [1.29, 1.82) is 0 Å². The van der Waals surface area contributed by atoms with Crippen LogP contribution in [0.4, 0.5) is 11.4 Å². The van der Waals surface area contributed by atoms with Crippen molar-refractivity contribution >= 4 is 22.1 Å². The summed E-state index contributed by atoms with van der Waals surface area (Å²) >= 11 is 0. The number of hydrogen-bond donors (Lipinski definition) is 4. The van der Waals surface area contributed by atoms with Crippen molar-refractivity contribution in [1.82, 2.24) is 0 Å². The van der Waals surface area contributed by atoms with Gasteiger partial charge in [0.05, 0.1) is 11.4 Å². The number of nitrogen functional groups attached to an aromatic ring is 2. The molecule has 0 heterocycles. The summed E-state index contributed by atoms with van der Waals surface area (Å²) in [6, 6.07) is 11.9. The zero-order chi connectivity index (χ0) is 9.97. The molecular formula is C10H12N4. The Balaban J connectivity index is 2.69. The van der Waals surface area contributed by atoms with Gasteiger partial charge in [-0.25, -0.2) is 0 Å². The molecule has 0 aliphatic carbocycles. The van der Waals surface area contributed by atoms with Gasteiger partial charge in [-0.3, -0.25) is 11.7 Å². The van der Waals surface area contributed by atoms with Crippen LogP contribution in [0.25, 0.3) is 10.8 Å². The second-order valence-electron chi connectivity index (χ2n) is 3.03. The van der Waals surface area contributed by atoms with E-state index in [0.29, 0.717) is 0 Å². The lowest BCUT2D eigenvalue weighted by Gasteiger charge is -2.09. The van der Waals surface area contributed by atoms with Gasteiger partial charge >= 0.3 is 0 Å². The second kappa shape index (κ2) is 3.53. The summed E-state index contributed by atoms with van der Waals surface area (Å²) in [7, 11) is 0. The average Bonchev–Trinajstić information content (AvgIpc) is 2.27. The van der Waals surface area contributed by atoms with E-state index in [1.165, 1.54) is 0 Å². The molecule has 0 amide bonds. The van der Waals surface area contributed by atoms with Crippen LogP contribution in [0.2, 0.25) is 0 Å². The highest BCUT2D eigenvalue weighted by Gasteiger charge is 2.01. The molecule has 2 aromatic carbocycles. The molecule has 14 heavy (non-hydrogen) atoms. The highest BCUT2D eigenvalue weighted by Crippen LogP contribution is 2.26. The van der Waals surface area contributed by atoms with E-state index in [4.69, 9.17) is 11.7 Å². The normalized spacial score (nSPS) is 10.1. The summed E-state index contributed by atoms with van der Waals surface area (Å²) in [4.78, 5) is 0. The van der Waals surface area contributed by atoms with Gasteiger partial charge in [0.2, 0.25) is 0 Å². The Labute approximate surface area is 81.8 Å². The summed E-state index contributed by atoms with van der Waals surface area (Å²) in [5, 5.41) is 2.25. The standard InChI is InChI=1S/C10H12N4/c11-13-9-5-7-3-1-2-4-8(7)6-10(9)14-12/h1-6,13-14H,11-12H2. The van der Waals surface area contributed by atoms with Gasteiger partial charge in [-0.05, 0) is 22.9 Å². The Hall–Kier alpha value is -1.78. The first-order valence-electron chi connectivity index (χ1n) is 4.31. The van der Waals surface area contributed by atoms with E-state index in [0.717, 1.165) is 22.1 Å². The van der Waals surface area contributed by atoms with Crippen LogP contribution in [0.3, 0.4) is 0 Å². The fourth-order valence-electron chi connectivity index (χ4n) is 1.48. The molecule has 0 radical (unpaired) electrons. The predicted octanol–water partition coefficient (Wildman–Crippen LogP) is 1.41. The van der Waals surface area contributed by atoms with E-state index in [9.17, 15) is 0 Å². The van der Waals surface area contributed by atoms with E-state index in [1.807, 2.05) is 36.4 Å². The first-order valence-corrected chi connectivity index (χ1v) is 4.31. The molecule has 4 heteroatoms. The summed E-state index contributed by atoms with van der Waals surface area (Å²) in [5.74, 6) is 10.7. The van der Waals surface area contributed by atoms with Crippen LogP contribution in [0, 0.1) is 0 Å². The third-order valence-electron chi connectivity index (χ3n) is 2.20. The quantitative estimate of drug-likeness (QED) is 0.424. The van der Waals surface area contributed by atoms with Gasteiger partial charge in [-0.2, -0.15) is 0 Å². The maximum absolute atomic E-state index is 5.37. The molecule has 2 aromatic rings. The molecule has 0 atom stereocenters. The molecule has 0 saturated carbocycles. The molecule has 72 valence electrons. The zero-order valence-electron chi connectivity index (χ0n) is 7.62. The van der Waals surface area contributed by atoms with Crippen molar-refractivity contribution in [3.63, 3.8) is 0 Å². The topological polar surface area (TPSA) is 76.1 Å². The number of benzene rings is 2. The van der Waals surface area contributed by atoms with Crippen LogP contribution in [0.1, 0.15) is 0 Å². The monoisotopic (exact) mass is 188 g/mol. The van der Waals surface area contributed by atoms with E-state index in [2.05, 4.69) is 10.9 Å². The van der Waals surface area contributed by atoms with Crippen molar-refractivity contribution in [2.45, 2.75) is 0 Å². The minimum atomic E-state index is 0.784.